The SMILES string of the molecule is O=C(NCc1cccc(Cl)c1)c1cncc(C(=O)NCc2cccc(Cl)c2)c1. The van der Waals surface area contributed by atoms with Gasteiger partial charge >= 0.3 is 0 Å². The molecule has 0 aliphatic heterocycles. The van der Waals surface area contributed by atoms with Crippen molar-refractivity contribution in [3.05, 3.63) is 99.3 Å². The zero-order valence-electron chi connectivity index (χ0n) is 14.8. The number of carbonyl (C=O) groups excluding carboxylic acids is 2. The lowest BCUT2D eigenvalue weighted by atomic mass is 10.1. The Morgan fingerprint density at radius 1 is 0.750 bits per heavy atom. The van der Waals surface area contributed by atoms with Crippen LogP contribution in [0.4, 0.5) is 0 Å². The normalized spacial score (nSPS) is 10.4. The van der Waals surface area contributed by atoms with Gasteiger partial charge in [0.2, 0.25) is 0 Å². The average Bonchev–Trinajstić information content (AvgIpc) is 2.70. The summed E-state index contributed by atoms with van der Waals surface area (Å²) in [7, 11) is 0. The molecule has 0 atom stereocenters. The number of nitrogens with zero attached hydrogens (tertiary/aromatic N) is 1. The first kappa shape index (κ1) is 19.9. The molecular formula is C21H17Cl2N3O2. The first-order chi connectivity index (χ1) is 13.5. The van der Waals surface area contributed by atoms with Crippen molar-refractivity contribution in [2.45, 2.75) is 13.1 Å². The number of aromatic nitrogens is 1. The maximum atomic E-state index is 12.4. The molecule has 7 heteroatoms. The van der Waals surface area contributed by atoms with Crippen LogP contribution in [0.5, 0.6) is 0 Å². The van der Waals surface area contributed by atoms with Crippen LogP contribution in [0.15, 0.2) is 67.0 Å². The Labute approximate surface area is 172 Å². The van der Waals surface area contributed by atoms with E-state index in [1.54, 1.807) is 24.3 Å². The molecule has 0 radical (unpaired) electrons. The Hall–Kier alpha value is -2.89. The monoisotopic (exact) mass is 413 g/mol. The molecule has 3 aromatic rings. The Kier molecular flexibility index (Phi) is 6.63. The highest BCUT2D eigenvalue weighted by Gasteiger charge is 2.11. The number of halogens is 2. The Morgan fingerprint density at radius 3 is 1.64 bits per heavy atom. The van der Waals surface area contributed by atoms with Crippen molar-refractivity contribution in [1.82, 2.24) is 15.6 Å². The minimum atomic E-state index is -0.322. The molecule has 0 saturated carbocycles. The third kappa shape index (κ3) is 5.55. The van der Waals surface area contributed by atoms with Crippen molar-refractivity contribution in [2.75, 3.05) is 0 Å². The molecule has 0 unspecified atom stereocenters. The van der Waals surface area contributed by atoms with Crippen molar-refractivity contribution in [3.63, 3.8) is 0 Å². The molecular weight excluding hydrogens is 397 g/mol. The van der Waals surface area contributed by atoms with E-state index >= 15 is 0 Å². The van der Waals surface area contributed by atoms with E-state index in [1.165, 1.54) is 18.5 Å². The van der Waals surface area contributed by atoms with Crippen molar-refractivity contribution < 1.29 is 9.59 Å². The number of benzene rings is 2. The summed E-state index contributed by atoms with van der Waals surface area (Å²) in [6, 6.07) is 16.0. The highest BCUT2D eigenvalue weighted by atomic mass is 35.5. The van der Waals surface area contributed by atoms with Crippen LogP contribution in [0.2, 0.25) is 10.0 Å². The average molecular weight is 414 g/mol. The molecule has 0 fully saturated rings. The van der Waals surface area contributed by atoms with Crippen LogP contribution in [0.25, 0.3) is 0 Å². The summed E-state index contributed by atoms with van der Waals surface area (Å²) in [6.45, 7) is 0.648. The molecule has 0 saturated heterocycles. The molecule has 142 valence electrons. The second-order valence-electron chi connectivity index (χ2n) is 6.09. The first-order valence-corrected chi connectivity index (χ1v) is 9.27. The second-order valence-corrected chi connectivity index (χ2v) is 6.96. The van der Waals surface area contributed by atoms with Gasteiger partial charge in [0, 0.05) is 35.5 Å². The van der Waals surface area contributed by atoms with Crippen LogP contribution in [-0.4, -0.2) is 16.8 Å². The topological polar surface area (TPSA) is 71.1 Å². The number of amides is 2. The van der Waals surface area contributed by atoms with Crippen LogP contribution in [-0.2, 0) is 13.1 Å². The molecule has 28 heavy (non-hydrogen) atoms. The lowest BCUT2D eigenvalue weighted by molar-refractivity contribution is 0.0950. The van der Waals surface area contributed by atoms with Crippen LogP contribution < -0.4 is 10.6 Å². The van der Waals surface area contributed by atoms with E-state index in [0.717, 1.165) is 11.1 Å². The van der Waals surface area contributed by atoms with E-state index < -0.39 is 0 Å². The van der Waals surface area contributed by atoms with E-state index in [-0.39, 0.29) is 11.8 Å². The molecule has 2 amide bonds. The second kappa shape index (κ2) is 9.35. The fourth-order valence-corrected chi connectivity index (χ4v) is 2.98. The molecule has 1 aromatic heterocycles. The molecule has 5 nitrogen and oxygen atoms in total. The molecule has 1 heterocycles. The molecule has 2 N–H and O–H groups in total. The van der Waals surface area contributed by atoms with Gasteiger partial charge in [-0.1, -0.05) is 47.5 Å². The largest absolute Gasteiger partial charge is 0.348 e. The minimum Gasteiger partial charge on any atom is -0.348 e. The number of nitrogens with one attached hydrogen (secondary N) is 2. The van der Waals surface area contributed by atoms with Crippen LogP contribution in [0.3, 0.4) is 0 Å². The van der Waals surface area contributed by atoms with Gasteiger partial charge in [0.25, 0.3) is 11.8 Å². The Balaban J connectivity index is 1.60. The summed E-state index contributed by atoms with van der Waals surface area (Å²) in [4.78, 5) is 28.7. The molecule has 2 aromatic carbocycles. The van der Waals surface area contributed by atoms with Crippen molar-refractivity contribution in [3.8, 4) is 0 Å². The van der Waals surface area contributed by atoms with Gasteiger partial charge in [0.1, 0.15) is 0 Å². The molecule has 0 aliphatic rings. The van der Waals surface area contributed by atoms with Gasteiger partial charge in [0.05, 0.1) is 11.1 Å². The minimum absolute atomic E-state index is 0.303. The number of rotatable bonds is 6. The zero-order chi connectivity index (χ0) is 19.9. The van der Waals surface area contributed by atoms with Crippen LogP contribution in [0.1, 0.15) is 31.8 Å². The lowest BCUT2D eigenvalue weighted by Crippen LogP contribution is -2.25. The van der Waals surface area contributed by atoms with Gasteiger partial charge in [-0.25, -0.2) is 0 Å². The molecule has 0 aliphatic carbocycles. The summed E-state index contributed by atoms with van der Waals surface area (Å²) < 4.78 is 0. The lowest BCUT2D eigenvalue weighted by Gasteiger charge is -2.08. The van der Waals surface area contributed by atoms with Gasteiger partial charge in [-0.15, -0.1) is 0 Å². The third-order valence-electron chi connectivity index (χ3n) is 3.95. The quantitative estimate of drug-likeness (QED) is 0.634. The smallest absolute Gasteiger partial charge is 0.253 e. The van der Waals surface area contributed by atoms with Gasteiger partial charge in [-0.3, -0.25) is 14.6 Å². The van der Waals surface area contributed by atoms with Gasteiger partial charge in [-0.2, -0.15) is 0 Å². The van der Waals surface area contributed by atoms with Crippen molar-refractivity contribution >= 4 is 35.0 Å². The van der Waals surface area contributed by atoms with Crippen molar-refractivity contribution in [2.24, 2.45) is 0 Å². The predicted octanol–water partition coefficient (Wildman–Crippen LogP) is 4.25. The van der Waals surface area contributed by atoms with E-state index in [4.69, 9.17) is 23.2 Å². The number of hydrogen-bond donors (Lipinski definition) is 2. The summed E-state index contributed by atoms with van der Waals surface area (Å²) in [5, 5.41) is 6.78. The van der Waals surface area contributed by atoms with E-state index in [0.29, 0.717) is 34.3 Å². The fraction of sp³-hybridized carbons (Fsp3) is 0.0952. The Morgan fingerprint density at radius 2 is 1.21 bits per heavy atom. The summed E-state index contributed by atoms with van der Waals surface area (Å²) in [5.74, 6) is -0.645. The first-order valence-electron chi connectivity index (χ1n) is 8.51. The fourth-order valence-electron chi connectivity index (χ4n) is 2.55. The summed E-state index contributed by atoms with van der Waals surface area (Å²) in [5.41, 5.74) is 2.36. The van der Waals surface area contributed by atoms with Crippen LogP contribution in [0, 0.1) is 0 Å². The number of carbonyl (C=O) groups is 2. The number of hydrogen-bond acceptors (Lipinski definition) is 3. The van der Waals surface area contributed by atoms with Crippen LogP contribution >= 0.6 is 23.2 Å². The van der Waals surface area contributed by atoms with Gasteiger partial charge < -0.3 is 10.6 Å². The van der Waals surface area contributed by atoms with E-state index in [2.05, 4.69) is 15.6 Å². The molecule has 0 bridgehead atoms. The highest BCUT2D eigenvalue weighted by molar-refractivity contribution is 6.30. The zero-order valence-corrected chi connectivity index (χ0v) is 16.3. The van der Waals surface area contributed by atoms with E-state index in [9.17, 15) is 9.59 Å². The van der Waals surface area contributed by atoms with Gasteiger partial charge in [0.15, 0.2) is 0 Å². The highest BCUT2D eigenvalue weighted by Crippen LogP contribution is 2.12. The summed E-state index contributed by atoms with van der Waals surface area (Å²) >= 11 is 11.9. The maximum absolute atomic E-state index is 12.4. The molecule has 3 rings (SSSR count). The Bertz CT molecular complexity index is 931. The summed E-state index contributed by atoms with van der Waals surface area (Å²) in [6.07, 6.45) is 2.84. The standard InChI is InChI=1S/C21H17Cl2N3O2/c22-18-5-1-3-14(7-18)10-25-20(27)16-9-17(13-24-12-16)21(28)26-11-15-4-2-6-19(23)8-15/h1-9,12-13H,10-11H2,(H,25,27)(H,26,28). The van der Waals surface area contributed by atoms with E-state index in [1.807, 2.05) is 24.3 Å². The van der Waals surface area contributed by atoms with Gasteiger partial charge in [-0.05, 0) is 41.5 Å². The predicted molar refractivity (Wildman–Crippen MR) is 109 cm³/mol. The third-order valence-corrected chi connectivity index (χ3v) is 4.42. The maximum Gasteiger partial charge on any atom is 0.253 e. The molecule has 0 spiro atoms. The van der Waals surface area contributed by atoms with Crippen molar-refractivity contribution in [1.29, 1.82) is 0 Å². The number of pyridine rings is 1.